The maximum atomic E-state index is 12.8. The number of rotatable bonds is 4. The van der Waals surface area contributed by atoms with E-state index >= 15 is 0 Å². The molecule has 0 heterocycles. The lowest BCUT2D eigenvalue weighted by Crippen LogP contribution is -2.47. The van der Waals surface area contributed by atoms with Crippen molar-refractivity contribution in [1.29, 1.82) is 0 Å². The van der Waals surface area contributed by atoms with Gasteiger partial charge in [-0.05, 0) is 31.8 Å². The standard InChI is InChI=1S/C19H22O4Si/c1-21-16-13-18(20)19(14-17(16)22-2,23-24(3,4)5)12-11-15-9-7-6-8-10-15/h6-10,13-14H,1-5H3. The number of benzene rings is 1. The van der Waals surface area contributed by atoms with Crippen LogP contribution in [-0.2, 0) is 18.7 Å². The second-order valence-corrected chi connectivity index (χ2v) is 10.8. The highest BCUT2D eigenvalue weighted by atomic mass is 28.4. The molecule has 0 amide bonds. The molecule has 126 valence electrons. The fraction of sp³-hybridized carbons (Fsp3) is 0.316. The summed E-state index contributed by atoms with van der Waals surface area (Å²) in [6, 6.07) is 9.50. The van der Waals surface area contributed by atoms with Crippen LogP contribution in [0.5, 0.6) is 0 Å². The molecule has 0 N–H and O–H groups in total. The molecule has 1 aliphatic rings. The summed E-state index contributed by atoms with van der Waals surface area (Å²) in [6.07, 6.45) is 3.00. The van der Waals surface area contributed by atoms with Crippen molar-refractivity contribution in [1.82, 2.24) is 0 Å². The summed E-state index contributed by atoms with van der Waals surface area (Å²) in [5, 5.41) is 0. The predicted molar refractivity (Wildman–Crippen MR) is 95.7 cm³/mol. The molecule has 1 aromatic rings. The van der Waals surface area contributed by atoms with Gasteiger partial charge in [0.2, 0.25) is 11.4 Å². The Labute approximate surface area is 144 Å². The lowest BCUT2D eigenvalue weighted by atomic mass is 9.92. The second-order valence-electron chi connectivity index (χ2n) is 6.36. The topological polar surface area (TPSA) is 44.8 Å². The second kappa shape index (κ2) is 7.08. The first-order valence-electron chi connectivity index (χ1n) is 7.65. The van der Waals surface area contributed by atoms with Gasteiger partial charge in [-0.3, -0.25) is 4.79 Å². The number of hydrogen-bond donors (Lipinski definition) is 0. The summed E-state index contributed by atoms with van der Waals surface area (Å²) in [7, 11) is 0.955. The number of hydrogen-bond acceptors (Lipinski definition) is 4. The normalized spacial score (nSPS) is 20.5. The van der Waals surface area contributed by atoms with Gasteiger partial charge in [0.1, 0.15) is 0 Å². The van der Waals surface area contributed by atoms with Gasteiger partial charge < -0.3 is 13.9 Å². The van der Waals surface area contributed by atoms with E-state index in [0.29, 0.717) is 11.5 Å². The third-order valence-electron chi connectivity index (χ3n) is 3.28. The molecule has 0 saturated carbocycles. The van der Waals surface area contributed by atoms with Crippen LogP contribution in [0.1, 0.15) is 5.56 Å². The van der Waals surface area contributed by atoms with Crippen LogP contribution < -0.4 is 0 Å². The fourth-order valence-corrected chi connectivity index (χ4v) is 3.49. The van der Waals surface area contributed by atoms with Gasteiger partial charge in [0.05, 0.1) is 14.2 Å². The Morgan fingerprint density at radius 3 is 2.17 bits per heavy atom. The highest BCUT2D eigenvalue weighted by Gasteiger charge is 2.43. The Morgan fingerprint density at radius 2 is 1.62 bits per heavy atom. The van der Waals surface area contributed by atoms with Crippen molar-refractivity contribution in [3.05, 3.63) is 59.6 Å². The number of carbonyl (C=O) groups is 1. The van der Waals surface area contributed by atoms with E-state index in [1.807, 2.05) is 50.0 Å². The van der Waals surface area contributed by atoms with Gasteiger partial charge in [-0.15, -0.1) is 0 Å². The molecule has 1 aliphatic carbocycles. The largest absolute Gasteiger partial charge is 0.493 e. The van der Waals surface area contributed by atoms with Gasteiger partial charge in [-0.25, -0.2) is 0 Å². The molecule has 0 spiro atoms. The molecule has 0 radical (unpaired) electrons. The van der Waals surface area contributed by atoms with Crippen LogP contribution in [0.2, 0.25) is 19.6 Å². The van der Waals surface area contributed by atoms with E-state index in [9.17, 15) is 4.79 Å². The first kappa shape index (κ1) is 18.1. The Morgan fingerprint density at radius 1 is 1.00 bits per heavy atom. The highest BCUT2D eigenvalue weighted by Crippen LogP contribution is 2.30. The molecule has 0 fully saturated rings. The summed E-state index contributed by atoms with van der Waals surface area (Å²) in [4.78, 5) is 12.8. The highest BCUT2D eigenvalue weighted by molar-refractivity contribution is 6.70. The Hall–Kier alpha value is -2.29. The summed E-state index contributed by atoms with van der Waals surface area (Å²) >= 11 is 0. The summed E-state index contributed by atoms with van der Waals surface area (Å²) in [5.41, 5.74) is -0.536. The minimum absolute atomic E-state index is 0.258. The lowest BCUT2D eigenvalue weighted by molar-refractivity contribution is -0.123. The van der Waals surface area contributed by atoms with Crippen molar-refractivity contribution in [2.75, 3.05) is 14.2 Å². The van der Waals surface area contributed by atoms with Gasteiger partial charge in [0, 0.05) is 17.7 Å². The molecule has 24 heavy (non-hydrogen) atoms. The van der Waals surface area contributed by atoms with Crippen molar-refractivity contribution < 1.29 is 18.7 Å². The fourth-order valence-electron chi connectivity index (χ4n) is 2.32. The summed E-state index contributed by atoms with van der Waals surface area (Å²) in [5.74, 6) is 6.62. The summed E-state index contributed by atoms with van der Waals surface area (Å²) in [6.45, 7) is 6.05. The van der Waals surface area contributed by atoms with Gasteiger partial charge in [0.25, 0.3) is 0 Å². The molecule has 4 nitrogen and oxygen atoms in total. The van der Waals surface area contributed by atoms with Gasteiger partial charge in [0.15, 0.2) is 19.8 Å². The first-order chi connectivity index (χ1) is 11.3. The molecule has 2 rings (SSSR count). The van der Waals surface area contributed by atoms with E-state index in [2.05, 4.69) is 11.8 Å². The monoisotopic (exact) mass is 342 g/mol. The van der Waals surface area contributed by atoms with Crippen LogP contribution >= 0.6 is 0 Å². The van der Waals surface area contributed by atoms with E-state index in [4.69, 9.17) is 13.9 Å². The van der Waals surface area contributed by atoms with Crippen LogP contribution in [0.3, 0.4) is 0 Å². The van der Waals surface area contributed by atoms with Crippen molar-refractivity contribution in [2.24, 2.45) is 0 Å². The first-order valence-corrected chi connectivity index (χ1v) is 11.1. The average Bonchev–Trinajstić information content (AvgIpc) is 2.54. The number of carbonyl (C=O) groups excluding carboxylic acids is 1. The van der Waals surface area contributed by atoms with E-state index in [-0.39, 0.29) is 5.78 Å². The van der Waals surface area contributed by atoms with Crippen LogP contribution in [-0.4, -0.2) is 33.9 Å². The van der Waals surface area contributed by atoms with Crippen LogP contribution in [0.25, 0.3) is 0 Å². The van der Waals surface area contributed by atoms with Crippen molar-refractivity contribution in [2.45, 2.75) is 25.2 Å². The minimum atomic E-state index is -2.07. The van der Waals surface area contributed by atoms with Crippen molar-refractivity contribution >= 4 is 14.1 Å². The number of ketones is 1. The molecule has 0 aliphatic heterocycles. The van der Waals surface area contributed by atoms with Gasteiger partial charge >= 0.3 is 0 Å². The van der Waals surface area contributed by atoms with Crippen molar-refractivity contribution in [3.8, 4) is 11.8 Å². The molecule has 1 atom stereocenters. The summed E-state index contributed by atoms with van der Waals surface area (Å²) < 4.78 is 16.7. The van der Waals surface area contributed by atoms with Gasteiger partial charge in [-0.2, -0.15) is 0 Å². The van der Waals surface area contributed by atoms with E-state index in [1.165, 1.54) is 20.3 Å². The molecule has 1 aromatic carbocycles. The zero-order valence-corrected chi connectivity index (χ0v) is 15.7. The molecular formula is C19H22O4Si. The zero-order valence-electron chi connectivity index (χ0n) is 14.7. The minimum Gasteiger partial charge on any atom is -0.493 e. The Bertz CT molecular complexity index is 732. The molecule has 0 aromatic heterocycles. The maximum absolute atomic E-state index is 12.8. The zero-order chi connectivity index (χ0) is 17.8. The third kappa shape index (κ3) is 4.16. The van der Waals surface area contributed by atoms with Crippen LogP contribution in [0.15, 0.2) is 54.0 Å². The predicted octanol–water partition coefficient (Wildman–Crippen LogP) is 3.27. The van der Waals surface area contributed by atoms with Crippen LogP contribution in [0.4, 0.5) is 0 Å². The maximum Gasteiger partial charge on any atom is 0.207 e. The lowest BCUT2D eigenvalue weighted by Gasteiger charge is -2.33. The van der Waals surface area contributed by atoms with E-state index in [0.717, 1.165) is 5.56 Å². The number of ether oxygens (including phenoxy) is 2. The van der Waals surface area contributed by atoms with Crippen molar-refractivity contribution in [3.63, 3.8) is 0 Å². The van der Waals surface area contributed by atoms with E-state index in [1.54, 1.807) is 6.08 Å². The smallest absolute Gasteiger partial charge is 0.207 e. The van der Waals surface area contributed by atoms with E-state index < -0.39 is 13.9 Å². The number of methoxy groups -OCH3 is 2. The molecule has 1 unspecified atom stereocenters. The molecule has 0 saturated heterocycles. The Kier molecular flexibility index (Phi) is 5.32. The van der Waals surface area contributed by atoms with Gasteiger partial charge in [-0.1, -0.05) is 30.0 Å². The molecule has 0 bridgehead atoms. The average molecular weight is 342 g/mol. The quantitative estimate of drug-likeness (QED) is 0.622. The van der Waals surface area contributed by atoms with Crippen LogP contribution in [0, 0.1) is 11.8 Å². The molecule has 5 heteroatoms. The SMILES string of the molecule is COC1=CC(=O)C(C#Cc2ccccc2)(O[Si](C)(C)C)C=C1OC. The third-order valence-corrected chi connectivity index (χ3v) is 4.21. The Balaban J connectivity index is 2.53. The molecular weight excluding hydrogens is 320 g/mol.